The number of pyridine rings is 1. The molecule has 0 atom stereocenters. The molecule has 3 heterocycles. The highest BCUT2D eigenvalue weighted by molar-refractivity contribution is 5.94. The van der Waals surface area contributed by atoms with Gasteiger partial charge in [0.05, 0.1) is 7.11 Å². The van der Waals surface area contributed by atoms with Crippen molar-refractivity contribution in [2.45, 2.75) is 6.92 Å². The van der Waals surface area contributed by atoms with Gasteiger partial charge in [-0.15, -0.1) is 10.2 Å². The van der Waals surface area contributed by atoms with Gasteiger partial charge in [-0.2, -0.15) is 0 Å². The van der Waals surface area contributed by atoms with Gasteiger partial charge in [0.25, 0.3) is 5.91 Å². The van der Waals surface area contributed by atoms with Gasteiger partial charge in [0.15, 0.2) is 11.6 Å². The van der Waals surface area contributed by atoms with Gasteiger partial charge in [-0.1, -0.05) is 6.07 Å². The highest BCUT2D eigenvalue weighted by Gasteiger charge is 2.23. The number of amides is 1. The number of hydrogen-bond donors (Lipinski definition) is 1. The summed E-state index contributed by atoms with van der Waals surface area (Å²) >= 11 is 0. The summed E-state index contributed by atoms with van der Waals surface area (Å²) in [5.41, 5.74) is 1.61. The largest absolute Gasteiger partial charge is 0.497 e. The third kappa shape index (κ3) is 4.48. The number of piperazine rings is 1. The number of ether oxygens (including phenoxy) is 1. The Morgan fingerprint density at radius 3 is 2.33 bits per heavy atom. The van der Waals surface area contributed by atoms with Crippen LogP contribution in [0.2, 0.25) is 0 Å². The second-order valence-electron chi connectivity index (χ2n) is 7.07. The molecule has 30 heavy (non-hydrogen) atoms. The van der Waals surface area contributed by atoms with E-state index in [-0.39, 0.29) is 5.91 Å². The fourth-order valence-electron chi connectivity index (χ4n) is 3.36. The third-order valence-corrected chi connectivity index (χ3v) is 5.02. The first kappa shape index (κ1) is 19.6. The molecule has 1 fully saturated rings. The zero-order valence-electron chi connectivity index (χ0n) is 17.1. The highest BCUT2D eigenvalue weighted by Crippen LogP contribution is 2.18. The molecule has 0 unspecified atom stereocenters. The van der Waals surface area contributed by atoms with Crippen molar-refractivity contribution < 1.29 is 9.53 Å². The Kier molecular flexibility index (Phi) is 5.74. The summed E-state index contributed by atoms with van der Waals surface area (Å²) in [6, 6.07) is 16.8. The van der Waals surface area contributed by atoms with Crippen LogP contribution in [-0.4, -0.2) is 59.3 Å². The van der Waals surface area contributed by atoms with Crippen molar-refractivity contribution in [1.29, 1.82) is 0 Å². The molecule has 1 saturated heterocycles. The van der Waals surface area contributed by atoms with Crippen molar-refractivity contribution in [3.05, 3.63) is 65.9 Å². The Morgan fingerprint density at radius 1 is 0.933 bits per heavy atom. The first-order chi connectivity index (χ1) is 14.6. The van der Waals surface area contributed by atoms with Crippen molar-refractivity contribution in [2.75, 3.05) is 43.5 Å². The van der Waals surface area contributed by atoms with Crippen LogP contribution in [0.15, 0.2) is 54.6 Å². The maximum atomic E-state index is 12.7. The summed E-state index contributed by atoms with van der Waals surface area (Å²) in [7, 11) is 1.61. The maximum Gasteiger partial charge on any atom is 0.253 e. The van der Waals surface area contributed by atoms with Crippen molar-refractivity contribution in [3.63, 3.8) is 0 Å². The van der Waals surface area contributed by atoms with Crippen LogP contribution in [0.3, 0.4) is 0 Å². The Labute approximate surface area is 175 Å². The van der Waals surface area contributed by atoms with E-state index in [1.807, 2.05) is 42.2 Å². The third-order valence-electron chi connectivity index (χ3n) is 5.02. The fraction of sp³-hybridized carbons (Fsp3) is 0.273. The number of nitrogens with one attached hydrogen (secondary N) is 1. The lowest BCUT2D eigenvalue weighted by Gasteiger charge is -2.35. The zero-order valence-corrected chi connectivity index (χ0v) is 17.1. The van der Waals surface area contributed by atoms with Gasteiger partial charge in [-0.25, -0.2) is 4.98 Å². The molecular formula is C22H24N6O2. The van der Waals surface area contributed by atoms with E-state index in [0.29, 0.717) is 37.6 Å². The molecule has 0 aliphatic carbocycles. The second-order valence-corrected chi connectivity index (χ2v) is 7.07. The molecule has 0 saturated carbocycles. The van der Waals surface area contributed by atoms with E-state index in [2.05, 4.69) is 25.4 Å². The van der Waals surface area contributed by atoms with Crippen LogP contribution in [0.1, 0.15) is 16.1 Å². The summed E-state index contributed by atoms with van der Waals surface area (Å²) in [6.07, 6.45) is 0. The number of carbonyl (C=O) groups is 1. The lowest BCUT2D eigenvalue weighted by Crippen LogP contribution is -2.49. The topological polar surface area (TPSA) is 83.5 Å². The molecule has 8 nitrogen and oxygen atoms in total. The van der Waals surface area contributed by atoms with E-state index < -0.39 is 0 Å². The van der Waals surface area contributed by atoms with Gasteiger partial charge in [0.1, 0.15) is 11.6 Å². The quantitative estimate of drug-likeness (QED) is 0.700. The summed E-state index contributed by atoms with van der Waals surface area (Å²) < 4.78 is 5.15. The smallest absolute Gasteiger partial charge is 0.253 e. The van der Waals surface area contributed by atoms with Gasteiger partial charge in [0.2, 0.25) is 0 Å². The molecule has 1 aliphatic heterocycles. The van der Waals surface area contributed by atoms with Crippen LogP contribution >= 0.6 is 0 Å². The predicted molar refractivity (Wildman–Crippen MR) is 115 cm³/mol. The standard InChI is InChI=1S/C22H24N6O2/c1-16-4-3-5-19(23-16)24-20-10-11-21(26-25-20)27-12-14-28(15-13-27)22(29)17-6-8-18(30-2)9-7-17/h3-11H,12-15H2,1-2H3,(H,23,24,25). The van der Waals surface area contributed by atoms with Gasteiger partial charge in [-0.3, -0.25) is 4.79 Å². The highest BCUT2D eigenvalue weighted by atomic mass is 16.5. The lowest BCUT2D eigenvalue weighted by molar-refractivity contribution is 0.0746. The number of methoxy groups -OCH3 is 1. The van der Waals surface area contributed by atoms with Crippen LogP contribution in [0.4, 0.5) is 17.5 Å². The monoisotopic (exact) mass is 404 g/mol. The van der Waals surface area contributed by atoms with Crippen LogP contribution in [0, 0.1) is 6.92 Å². The second kappa shape index (κ2) is 8.77. The normalized spacial score (nSPS) is 13.8. The minimum Gasteiger partial charge on any atom is -0.497 e. The average Bonchev–Trinajstić information content (AvgIpc) is 2.79. The minimum absolute atomic E-state index is 0.0357. The molecule has 4 rings (SSSR count). The van der Waals surface area contributed by atoms with E-state index in [9.17, 15) is 4.79 Å². The number of rotatable bonds is 5. The Balaban J connectivity index is 1.33. The number of benzene rings is 1. The van der Waals surface area contributed by atoms with Gasteiger partial charge in [0, 0.05) is 37.4 Å². The Hall–Kier alpha value is -3.68. The van der Waals surface area contributed by atoms with Crippen molar-refractivity contribution in [2.24, 2.45) is 0 Å². The number of nitrogens with zero attached hydrogens (tertiary/aromatic N) is 5. The van der Waals surface area contributed by atoms with E-state index in [0.717, 1.165) is 23.1 Å². The van der Waals surface area contributed by atoms with Crippen LogP contribution in [0.5, 0.6) is 5.75 Å². The first-order valence-corrected chi connectivity index (χ1v) is 9.85. The molecule has 1 N–H and O–H groups in total. The molecule has 0 spiro atoms. The lowest BCUT2D eigenvalue weighted by atomic mass is 10.1. The minimum atomic E-state index is 0.0357. The molecule has 0 radical (unpaired) electrons. The van der Waals surface area contributed by atoms with E-state index in [1.54, 1.807) is 31.4 Å². The predicted octanol–water partition coefficient (Wildman–Crippen LogP) is 2.89. The molecule has 2 aromatic heterocycles. The summed E-state index contributed by atoms with van der Waals surface area (Å²) in [5, 5.41) is 11.8. The van der Waals surface area contributed by atoms with Gasteiger partial charge >= 0.3 is 0 Å². The fourth-order valence-corrected chi connectivity index (χ4v) is 3.36. The SMILES string of the molecule is COc1ccc(C(=O)N2CCN(c3ccc(Nc4cccc(C)n4)nn3)CC2)cc1. The van der Waals surface area contributed by atoms with E-state index in [1.165, 1.54) is 0 Å². The van der Waals surface area contributed by atoms with Crippen molar-refractivity contribution >= 4 is 23.4 Å². The van der Waals surface area contributed by atoms with Gasteiger partial charge < -0.3 is 19.9 Å². The number of carbonyl (C=O) groups excluding carboxylic acids is 1. The van der Waals surface area contributed by atoms with Crippen LogP contribution < -0.4 is 15.0 Å². The summed E-state index contributed by atoms with van der Waals surface area (Å²) in [4.78, 5) is 21.1. The molecule has 1 aliphatic rings. The molecule has 0 bridgehead atoms. The molecular weight excluding hydrogens is 380 g/mol. The Bertz CT molecular complexity index is 999. The summed E-state index contributed by atoms with van der Waals surface area (Å²) in [6.45, 7) is 4.64. The van der Waals surface area contributed by atoms with Crippen molar-refractivity contribution in [3.8, 4) is 5.75 Å². The van der Waals surface area contributed by atoms with Crippen molar-refractivity contribution in [1.82, 2.24) is 20.1 Å². The molecule has 3 aromatic rings. The molecule has 8 heteroatoms. The number of aromatic nitrogens is 3. The maximum absolute atomic E-state index is 12.7. The first-order valence-electron chi connectivity index (χ1n) is 9.85. The average molecular weight is 404 g/mol. The van der Waals surface area contributed by atoms with E-state index in [4.69, 9.17) is 4.74 Å². The molecule has 1 aromatic carbocycles. The van der Waals surface area contributed by atoms with Gasteiger partial charge in [-0.05, 0) is 55.5 Å². The van der Waals surface area contributed by atoms with E-state index >= 15 is 0 Å². The number of aryl methyl sites for hydroxylation is 1. The zero-order chi connectivity index (χ0) is 20.9. The van der Waals surface area contributed by atoms with Crippen LogP contribution in [-0.2, 0) is 0 Å². The molecule has 1 amide bonds. The Morgan fingerprint density at radius 2 is 1.70 bits per heavy atom. The number of hydrogen-bond acceptors (Lipinski definition) is 7. The molecule has 154 valence electrons. The summed E-state index contributed by atoms with van der Waals surface area (Å²) in [5.74, 6) is 2.96. The number of anilines is 3. The van der Waals surface area contributed by atoms with Crippen LogP contribution in [0.25, 0.3) is 0 Å².